The van der Waals surface area contributed by atoms with E-state index in [1.54, 1.807) is 23.1 Å². The maximum absolute atomic E-state index is 14.8. The number of rotatable bonds is 11. The molecule has 3 rings (SSSR count). The third kappa shape index (κ3) is 6.61. The SMILES string of the molecule is C=C/C=C(\C=C)C[C@H](CN)Nc1nc(Nc2cnc(N3CCOCC3)c(F)c2)c(C(N)=O)cc1F. The van der Waals surface area contributed by atoms with Crippen LogP contribution in [0.5, 0.6) is 0 Å². The van der Waals surface area contributed by atoms with Gasteiger partial charge in [-0.2, -0.15) is 0 Å². The summed E-state index contributed by atoms with van der Waals surface area (Å²) in [4.78, 5) is 22.1. The number of amides is 1. The standard InChI is InChI=1S/C24H29F2N7O2/c1-3-5-15(4-2)10-16(13-27)30-23-19(25)12-18(21(28)34)22(32-23)31-17-11-20(26)24(29-14-17)33-6-8-35-9-7-33/h3-5,11-12,14,16H,1-2,6-10,13,27H2,(H2,28,34)(H2,30,31,32)/b15-5+/t16-/m1/s1. The van der Waals surface area contributed by atoms with Crippen LogP contribution < -0.4 is 27.0 Å². The lowest BCUT2D eigenvalue weighted by atomic mass is 10.1. The van der Waals surface area contributed by atoms with Crippen LogP contribution in [0, 0.1) is 11.6 Å². The molecule has 0 aromatic carbocycles. The van der Waals surface area contributed by atoms with E-state index < -0.39 is 17.5 Å². The Bertz CT molecular complexity index is 1120. The van der Waals surface area contributed by atoms with Crippen molar-refractivity contribution in [3.8, 4) is 0 Å². The van der Waals surface area contributed by atoms with Gasteiger partial charge in [-0.25, -0.2) is 18.7 Å². The van der Waals surface area contributed by atoms with Crippen LogP contribution >= 0.6 is 0 Å². The molecule has 0 radical (unpaired) electrons. The minimum Gasteiger partial charge on any atom is -0.378 e. The van der Waals surface area contributed by atoms with E-state index in [1.165, 1.54) is 12.3 Å². The largest absolute Gasteiger partial charge is 0.378 e. The number of nitrogens with zero attached hydrogens (tertiary/aromatic N) is 3. The average Bonchev–Trinajstić information content (AvgIpc) is 2.85. The lowest BCUT2D eigenvalue weighted by molar-refractivity contribution is 0.100. The van der Waals surface area contributed by atoms with Crippen molar-refractivity contribution in [2.45, 2.75) is 12.5 Å². The van der Waals surface area contributed by atoms with Crippen LogP contribution in [-0.2, 0) is 4.74 Å². The molecule has 0 unspecified atom stereocenters. The first-order chi connectivity index (χ1) is 16.9. The topological polar surface area (TPSA) is 131 Å². The van der Waals surface area contributed by atoms with E-state index in [-0.39, 0.29) is 41.3 Å². The van der Waals surface area contributed by atoms with E-state index in [2.05, 4.69) is 33.8 Å². The second-order valence-corrected chi connectivity index (χ2v) is 7.80. The molecule has 1 aliphatic rings. The van der Waals surface area contributed by atoms with Crippen molar-refractivity contribution < 1.29 is 18.3 Å². The zero-order chi connectivity index (χ0) is 25.4. The van der Waals surface area contributed by atoms with Crippen LogP contribution in [0.4, 0.5) is 31.9 Å². The van der Waals surface area contributed by atoms with Crippen LogP contribution in [-0.4, -0.2) is 54.8 Å². The third-order valence-electron chi connectivity index (χ3n) is 5.34. The summed E-state index contributed by atoms with van der Waals surface area (Å²) in [5.41, 5.74) is 12.1. The molecule has 0 spiro atoms. The van der Waals surface area contributed by atoms with Crippen LogP contribution in [0.15, 0.2) is 55.3 Å². The number of pyridine rings is 2. The number of hydrogen-bond acceptors (Lipinski definition) is 8. The molecule has 1 fully saturated rings. The van der Waals surface area contributed by atoms with Gasteiger partial charge in [0.25, 0.3) is 5.91 Å². The summed E-state index contributed by atoms with van der Waals surface area (Å²) in [5.74, 6) is -2.26. The number of hydrogen-bond donors (Lipinski definition) is 4. The minimum atomic E-state index is -0.901. The molecule has 1 atom stereocenters. The Morgan fingerprint density at radius 1 is 1.23 bits per heavy atom. The van der Waals surface area contributed by atoms with Gasteiger partial charge in [0.2, 0.25) is 0 Å². The molecule has 9 nitrogen and oxygen atoms in total. The highest BCUT2D eigenvalue weighted by Gasteiger charge is 2.20. The molecular weight excluding hydrogens is 456 g/mol. The Labute approximate surface area is 202 Å². The number of carbonyl (C=O) groups is 1. The molecule has 1 amide bonds. The molecule has 35 heavy (non-hydrogen) atoms. The zero-order valence-electron chi connectivity index (χ0n) is 19.3. The highest BCUT2D eigenvalue weighted by Crippen LogP contribution is 2.27. The monoisotopic (exact) mass is 485 g/mol. The zero-order valence-corrected chi connectivity index (χ0v) is 19.3. The quantitative estimate of drug-likeness (QED) is 0.357. The van der Waals surface area contributed by atoms with Crippen molar-refractivity contribution in [3.63, 3.8) is 0 Å². The summed E-state index contributed by atoms with van der Waals surface area (Å²) in [6.45, 7) is 9.59. The maximum Gasteiger partial charge on any atom is 0.252 e. The molecule has 0 aliphatic carbocycles. The Morgan fingerprint density at radius 3 is 2.57 bits per heavy atom. The minimum absolute atomic E-state index is 0.0527. The van der Waals surface area contributed by atoms with E-state index in [0.29, 0.717) is 32.7 Å². The number of halogens is 2. The summed E-state index contributed by atoms with van der Waals surface area (Å²) in [6.07, 6.45) is 6.87. The molecule has 2 aromatic rings. The smallest absolute Gasteiger partial charge is 0.252 e. The second kappa shape index (κ2) is 12.0. The number of carbonyl (C=O) groups excluding carboxylic acids is 1. The average molecular weight is 486 g/mol. The molecule has 1 saturated heterocycles. The van der Waals surface area contributed by atoms with Crippen molar-refractivity contribution in [2.24, 2.45) is 11.5 Å². The Balaban J connectivity index is 1.87. The van der Waals surface area contributed by atoms with E-state index in [1.807, 2.05) is 0 Å². The van der Waals surface area contributed by atoms with Crippen molar-refractivity contribution in [1.29, 1.82) is 0 Å². The highest BCUT2D eigenvalue weighted by atomic mass is 19.1. The number of ether oxygens (including phenoxy) is 1. The Hall–Kier alpha value is -3.83. The molecule has 0 saturated carbocycles. The normalized spacial score (nSPS) is 14.8. The second-order valence-electron chi connectivity index (χ2n) is 7.80. The number of allylic oxidation sites excluding steroid dienone is 3. The van der Waals surface area contributed by atoms with Crippen LogP contribution in [0.3, 0.4) is 0 Å². The van der Waals surface area contributed by atoms with Gasteiger partial charge in [-0.1, -0.05) is 31.4 Å². The predicted octanol–water partition coefficient (Wildman–Crippen LogP) is 2.86. The highest BCUT2D eigenvalue weighted by molar-refractivity contribution is 5.98. The molecular formula is C24H29F2N7O2. The van der Waals surface area contributed by atoms with Gasteiger partial charge in [0.05, 0.1) is 30.7 Å². The van der Waals surface area contributed by atoms with Crippen LogP contribution in [0.1, 0.15) is 16.8 Å². The van der Waals surface area contributed by atoms with E-state index in [9.17, 15) is 13.6 Å². The van der Waals surface area contributed by atoms with Gasteiger partial charge in [0.15, 0.2) is 23.3 Å². The van der Waals surface area contributed by atoms with Gasteiger partial charge >= 0.3 is 0 Å². The number of nitrogens with one attached hydrogen (secondary N) is 2. The van der Waals surface area contributed by atoms with E-state index >= 15 is 0 Å². The third-order valence-corrected chi connectivity index (χ3v) is 5.34. The summed E-state index contributed by atoms with van der Waals surface area (Å²) in [5, 5.41) is 5.76. The summed E-state index contributed by atoms with van der Waals surface area (Å²) in [6, 6.07) is 1.80. The molecule has 0 bridgehead atoms. The molecule has 1 aliphatic heterocycles. The van der Waals surface area contributed by atoms with Crippen molar-refractivity contribution in [2.75, 3.05) is 48.4 Å². The number of anilines is 4. The van der Waals surface area contributed by atoms with E-state index in [0.717, 1.165) is 11.6 Å². The number of primary amides is 1. The van der Waals surface area contributed by atoms with Gasteiger partial charge in [-0.3, -0.25) is 4.79 Å². The predicted molar refractivity (Wildman–Crippen MR) is 133 cm³/mol. The lowest BCUT2D eigenvalue weighted by Gasteiger charge is -2.28. The first kappa shape index (κ1) is 25.8. The maximum atomic E-state index is 14.8. The molecule has 11 heteroatoms. The van der Waals surface area contributed by atoms with Crippen molar-refractivity contribution in [1.82, 2.24) is 9.97 Å². The van der Waals surface area contributed by atoms with Gasteiger partial charge < -0.3 is 31.7 Å². The fourth-order valence-electron chi connectivity index (χ4n) is 3.56. The number of aromatic nitrogens is 2. The van der Waals surface area contributed by atoms with Crippen LogP contribution in [0.2, 0.25) is 0 Å². The van der Waals surface area contributed by atoms with E-state index in [4.69, 9.17) is 16.2 Å². The van der Waals surface area contributed by atoms with Gasteiger partial charge in [-0.05, 0) is 18.1 Å². The Kier molecular flexibility index (Phi) is 8.87. The number of morpholine rings is 1. The van der Waals surface area contributed by atoms with Gasteiger partial charge in [0, 0.05) is 31.7 Å². The molecule has 6 N–H and O–H groups in total. The summed E-state index contributed by atoms with van der Waals surface area (Å²) >= 11 is 0. The van der Waals surface area contributed by atoms with Gasteiger partial charge in [-0.15, -0.1) is 0 Å². The fraction of sp³-hybridized carbons (Fsp3) is 0.292. The van der Waals surface area contributed by atoms with Gasteiger partial charge in [0.1, 0.15) is 5.82 Å². The molecule has 2 aromatic heterocycles. The van der Waals surface area contributed by atoms with Crippen molar-refractivity contribution in [3.05, 3.63) is 72.5 Å². The summed E-state index contributed by atoms with van der Waals surface area (Å²) in [7, 11) is 0. The first-order valence-corrected chi connectivity index (χ1v) is 11.0. The summed E-state index contributed by atoms with van der Waals surface area (Å²) < 4.78 is 34.8. The van der Waals surface area contributed by atoms with Crippen LogP contribution in [0.25, 0.3) is 0 Å². The fourth-order valence-corrected chi connectivity index (χ4v) is 3.56. The Morgan fingerprint density at radius 2 is 1.97 bits per heavy atom. The molecule has 186 valence electrons. The lowest BCUT2D eigenvalue weighted by Crippen LogP contribution is -2.37. The molecule has 3 heterocycles. The first-order valence-electron chi connectivity index (χ1n) is 11.0. The van der Waals surface area contributed by atoms with Crippen molar-refractivity contribution >= 4 is 29.0 Å². The number of nitrogens with two attached hydrogens (primary N) is 2.